The molecular weight excluding hydrogens is 508 g/mol. The summed E-state index contributed by atoms with van der Waals surface area (Å²) in [5, 5.41) is 12.1. The van der Waals surface area contributed by atoms with Crippen molar-refractivity contribution >= 4 is 5.65 Å². The zero-order chi connectivity index (χ0) is 27.6. The Labute approximate surface area is 239 Å². The number of aromatic amines is 1. The molecule has 1 aliphatic rings. The van der Waals surface area contributed by atoms with Gasteiger partial charge in [-0.15, -0.1) is 0 Å². The van der Waals surface area contributed by atoms with E-state index < -0.39 is 0 Å². The minimum atomic E-state index is 0.396. The molecule has 0 spiro atoms. The van der Waals surface area contributed by atoms with Crippen molar-refractivity contribution in [2.24, 2.45) is 0 Å². The van der Waals surface area contributed by atoms with Crippen LogP contribution in [0.3, 0.4) is 0 Å². The first-order valence-corrected chi connectivity index (χ1v) is 14.3. The van der Waals surface area contributed by atoms with Crippen LogP contribution in [0, 0.1) is 0 Å². The third kappa shape index (κ3) is 5.14. The first-order valence-electron chi connectivity index (χ1n) is 14.3. The van der Waals surface area contributed by atoms with Gasteiger partial charge in [0.05, 0.1) is 11.9 Å². The molecule has 0 saturated carbocycles. The lowest BCUT2D eigenvalue weighted by atomic mass is 9.95. The normalized spacial score (nSPS) is 14.6. The Morgan fingerprint density at radius 1 is 0.878 bits per heavy atom. The fourth-order valence-corrected chi connectivity index (χ4v) is 5.71. The lowest BCUT2D eigenvalue weighted by Crippen LogP contribution is -2.32. The van der Waals surface area contributed by atoms with E-state index in [1.807, 2.05) is 35.0 Å². The van der Waals surface area contributed by atoms with E-state index in [0.29, 0.717) is 11.7 Å². The smallest absolute Gasteiger partial charge is 0.199 e. The Morgan fingerprint density at radius 3 is 2.44 bits per heavy atom. The number of nitrogens with one attached hydrogen (secondary N) is 1. The van der Waals surface area contributed by atoms with Gasteiger partial charge in [-0.25, -0.2) is 14.5 Å². The number of pyridine rings is 1. The highest BCUT2D eigenvalue weighted by Gasteiger charge is 2.24. The van der Waals surface area contributed by atoms with E-state index in [9.17, 15) is 0 Å². The number of hydrogen-bond acceptors (Lipinski definition) is 6. The minimum Gasteiger partial charge on any atom is -0.299 e. The SMILES string of the molecule is CCc1cnn2cc(-c3ccccc3)c(-c3ccc(CN4CCC(c5nc(-c6ccccn6)n[nH]5)CC4)cc3)nc12. The van der Waals surface area contributed by atoms with Gasteiger partial charge in [-0.1, -0.05) is 67.6 Å². The van der Waals surface area contributed by atoms with E-state index >= 15 is 0 Å². The van der Waals surface area contributed by atoms with Crippen LogP contribution in [0.5, 0.6) is 0 Å². The maximum Gasteiger partial charge on any atom is 0.199 e. The maximum absolute atomic E-state index is 5.13. The molecule has 8 nitrogen and oxygen atoms in total. The lowest BCUT2D eigenvalue weighted by Gasteiger charge is -2.31. The summed E-state index contributed by atoms with van der Waals surface area (Å²) < 4.78 is 1.90. The van der Waals surface area contributed by atoms with Crippen molar-refractivity contribution < 1.29 is 0 Å². The van der Waals surface area contributed by atoms with Gasteiger partial charge in [-0.2, -0.15) is 10.2 Å². The Bertz CT molecular complexity index is 1750. The molecule has 0 atom stereocenters. The molecule has 1 fully saturated rings. The molecule has 8 heteroatoms. The standard InChI is InChI=1S/C33H32N8/c1-2-24-20-35-41-22-28(25-8-4-3-5-9-25)30(36-33(24)41)26-13-11-23(12-14-26)21-40-18-15-27(16-19-40)31-37-32(39-38-31)29-10-6-7-17-34-29/h3-14,17,20,22,27H,2,15-16,18-19,21H2,1H3,(H,37,38,39). The zero-order valence-corrected chi connectivity index (χ0v) is 23.1. The number of aromatic nitrogens is 7. The van der Waals surface area contributed by atoms with E-state index in [0.717, 1.165) is 84.0 Å². The summed E-state index contributed by atoms with van der Waals surface area (Å²) in [6.07, 6.45) is 8.83. The molecule has 2 aromatic carbocycles. The summed E-state index contributed by atoms with van der Waals surface area (Å²) in [5.74, 6) is 2.04. The van der Waals surface area contributed by atoms with Crippen LogP contribution in [-0.2, 0) is 13.0 Å². The van der Waals surface area contributed by atoms with Gasteiger partial charge in [-0.05, 0) is 55.6 Å². The van der Waals surface area contributed by atoms with E-state index in [2.05, 4.69) is 86.8 Å². The molecule has 6 aromatic rings. The van der Waals surface area contributed by atoms with Crippen molar-refractivity contribution in [1.82, 2.24) is 39.7 Å². The second-order valence-electron chi connectivity index (χ2n) is 10.7. The van der Waals surface area contributed by atoms with Crippen LogP contribution in [0.1, 0.15) is 42.6 Å². The van der Waals surface area contributed by atoms with Crippen LogP contribution in [0.2, 0.25) is 0 Å². The van der Waals surface area contributed by atoms with Crippen molar-refractivity contribution in [2.45, 2.75) is 38.6 Å². The fraction of sp³-hybridized carbons (Fsp3) is 0.242. The minimum absolute atomic E-state index is 0.396. The van der Waals surface area contributed by atoms with Crippen molar-refractivity contribution in [3.05, 3.63) is 108 Å². The van der Waals surface area contributed by atoms with Crippen LogP contribution in [0.15, 0.2) is 91.4 Å². The number of fused-ring (bicyclic) bond motifs is 1. The average Bonchev–Trinajstić information content (AvgIpc) is 3.70. The molecule has 0 radical (unpaired) electrons. The predicted octanol–water partition coefficient (Wildman–Crippen LogP) is 6.19. The Kier molecular flexibility index (Phi) is 6.82. The fourth-order valence-electron chi connectivity index (χ4n) is 5.71. The van der Waals surface area contributed by atoms with E-state index in [4.69, 9.17) is 9.97 Å². The van der Waals surface area contributed by atoms with Crippen LogP contribution < -0.4 is 0 Å². The van der Waals surface area contributed by atoms with Crippen molar-refractivity contribution in [1.29, 1.82) is 0 Å². The quantitative estimate of drug-likeness (QED) is 0.260. The monoisotopic (exact) mass is 540 g/mol. The van der Waals surface area contributed by atoms with E-state index in [-0.39, 0.29) is 0 Å². The number of H-pyrrole nitrogens is 1. The molecular formula is C33H32N8. The predicted molar refractivity (Wildman–Crippen MR) is 160 cm³/mol. The van der Waals surface area contributed by atoms with Gasteiger partial charge < -0.3 is 0 Å². The van der Waals surface area contributed by atoms with Crippen molar-refractivity contribution in [3.63, 3.8) is 0 Å². The van der Waals surface area contributed by atoms with Crippen molar-refractivity contribution in [2.75, 3.05) is 13.1 Å². The highest BCUT2D eigenvalue weighted by atomic mass is 15.2. The highest BCUT2D eigenvalue weighted by molar-refractivity contribution is 5.81. The van der Waals surface area contributed by atoms with Gasteiger partial charge in [0.15, 0.2) is 11.5 Å². The maximum atomic E-state index is 5.13. The summed E-state index contributed by atoms with van der Waals surface area (Å²) >= 11 is 0. The molecule has 0 unspecified atom stereocenters. The lowest BCUT2D eigenvalue weighted by molar-refractivity contribution is 0.202. The van der Waals surface area contributed by atoms with Gasteiger partial charge in [0.25, 0.3) is 0 Å². The Balaban J connectivity index is 1.06. The third-order valence-electron chi connectivity index (χ3n) is 8.04. The molecule has 7 rings (SSSR count). The van der Waals surface area contributed by atoms with Gasteiger partial charge >= 0.3 is 0 Å². The Morgan fingerprint density at radius 2 is 1.68 bits per heavy atom. The van der Waals surface area contributed by atoms with Crippen LogP contribution >= 0.6 is 0 Å². The third-order valence-corrected chi connectivity index (χ3v) is 8.04. The number of hydrogen-bond donors (Lipinski definition) is 1. The number of benzene rings is 2. The van der Waals surface area contributed by atoms with E-state index in [1.54, 1.807) is 6.20 Å². The van der Waals surface area contributed by atoms with Crippen molar-refractivity contribution in [3.8, 4) is 33.9 Å². The molecule has 1 N–H and O–H groups in total. The highest BCUT2D eigenvalue weighted by Crippen LogP contribution is 2.32. The number of piperidine rings is 1. The Hall–Kier alpha value is -4.69. The molecule has 0 bridgehead atoms. The van der Waals surface area contributed by atoms with Crippen LogP contribution in [0.25, 0.3) is 39.5 Å². The first kappa shape index (κ1) is 25.3. The number of likely N-dealkylation sites (tertiary alicyclic amines) is 1. The summed E-state index contributed by atoms with van der Waals surface area (Å²) in [4.78, 5) is 16.8. The number of nitrogens with zero attached hydrogens (tertiary/aromatic N) is 7. The molecule has 1 aliphatic heterocycles. The summed E-state index contributed by atoms with van der Waals surface area (Å²) in [6, 6.07) is 25.2. The van der Waals surface area contributed by atoms with Crippen LogP contribution in [-0.4, -0.2) is 52.8 Å². The molecule has 4 aromatic heterocycles. The summed E-state index contributed by atoms with van der Waals surface area (Å²) in [7, 11) is 0. The first-order chi connectivity index (χ1) is 20.2. The second-order valence-corrected chi connectivity index (χ2v) is 10.7. The zero-order valence-electron chi connectivity index (χ0n) is 23.1. The largest absolute Gasteiger partial charge is 0.299 e. The van der Waals surface area contributed by atoms with Gasteiger partial charge in [-0.3, -0.25) is 15.0 Å². The van der Waals surface area contributed by atoms with Gasteiger partial charge in [0, 0.05) is 41.5 Å². The number of aryl methyl sites for hydroxylation is 1. The topological polar surface area (TPSA) is 87.9 Å². The molecule has 0 aliphatic carbocycles. The second kappa shape index (κ2) is 11.1. The van der Waals surface area contributed by atoms with Gasteiger partial charge in [0.2, 0.25) is 0 Å². The average molecular weight is 541 g/mol. The molecule has 204 valence electrons. The summed E-state index contributed by atoms with van der Waals surface area (Å²) in [5.41, 5.74) is 8.52. The molecule has 5 heterocycles. The number of rotatable bonds is 7. The summed E-state index contributed by atoms with van der Waals surface area (Å²) in [6.45, 7) is 5.14. The molecule has 1 saturated heterocycles. The van der Waals surface area contributed by atoms with Gasteiger partial charge in [0.1, 0.15) is 11.5 Å². The molecule has 0 amide bonds. The van der Waals surface area contributed by atoms with Crippen LogP contribution in [0.4, 0.5) is 0 Å². The van der Waals surface area contributed by atoms with E-state index in [1.165, 1.54) is 5.56 Å². The molecule has 41 heavy (non-hydrogen) atoms.